The number of benzene rings is 1. The van der Waals surface area contributed by atoms with Gasteiger partial charge in [-0.3, -0.25) is 4.90 Å². The molecule has 6 nitrogen and oxygen atoms in total. The highest BCUT2D eigenvalue weighted by molar-refractivity contribution is 5.49. The number of hydrogen-bond acceptors (Lipinski definition) is 5. The van der Waals surface area contributed by atoms with E-state index in [1.807, 2.05) is 24.5 Å². The normalized spacial score (nSPS) is 24.1. The number of imidazole rings is 1. The Morgan fingerprint density at radius 3 is 2.78 bits per heavy atom. The molecule has 1 atom stereocenters. The van der Waals surface area contributed by atoms with Gasteiger partial charge in [0.25, 0.3) is 0 Å². The maximum absolute atomic E-state index is 6.08. The molecule has 2 aromatic rings. The summed E-state index contributed by atoms with van der Waals surface area (Å²) in [6, 6.07) is 8.41. The zero-order valence-corrected chi connectivity index (χ0v) is 16.4. The number of ether oxygens (including phenoxy) is 2. The summed E-state index contributed by atoms with van der Waals surface area (Å²) in [5.74, 6) is 2.03. The van der Waals surface area contributed by atoms with E-state index in [4.69, 9.17) is 9.47 Å². The Hall–Kier alpha value is -2.05. The number of anilines is 1. The van der Waals surface area contributed by atoms with Crippen molar-refractivity contribution in [3.63, 3.8) is 0 Å². The predicted octanol–water partition coefficient (Wildman–Crippen LogP) is 2.55. The number of methoxy groups -OCH3 is 1. The minimum absolute atomic E-state index is 0.180. The van der Waals surface area contributed by atoms with Crippen LogP contribution in [0.3, 0.4) is 0 Å². The molecule has 2 saturated heterocycles. The van der Waals surface area contributed by atoms with Crippen LogP contribution in [0.5, 0.6) is 5.75 Å². The van der Waals surface area contributed by atoms with Crippen molar-refractivity contribution >= 4 is 5.69 Å². The van der Waals surface area contributed by atoms with Gasteiger partial charge in [0.2, 0.25) is 0 Å². The third-order valence-corrected chi connectivity index (χ3v) is 5.90. The van der Waals surface area contributed by atoms with Crippen molar-refractivity contribution in [3.8, 4) is 5.75 Å². The molecule has 4 rings (SSSR count). The summed E-state index contributed by atoms with van der Waals surface area (Å²) in [5.41, 5.74) is 1.43. The number of nitrogens with zero attached hydrogens (tertiary/aromatic N) is 4. The van der Waals surface area contributed by atoms with E-state index in [0.29, 0.717) is 0 Å². The van der Waals surface area contributed by atoms with Gasteiger partial charge in [-0.1, -0.05) is 0 Å². The van der Waals surface area contributed by atoms with Crippen molar-refractivity contribution in [2.75, 3.05) is 51.4 Å². The Kier molecular flexibility index (Phi) is 5.36. The van der Waals surface area contributed by atoms with Gasteiger partial charge < -0.3 is 18.9 Å². The largest absolute Gasteiger partial charge is 0.497 e. The molecule has 0 saturated carbocycles. The molecule has 0 unspecified atom stereocenters. The third kappa shape index (κ3) is 4.12. The lowest BCUT2D eigenvalue weighted by Crippen LogP contribution is -2.50. The molecule has 0 bridgehead atoms. The number of hydrogen-bond donors (Lipinski definition) is 0. The minimum Gasteiger partial charge on any atom is -0.497 e. The first-order chi connectivity index (χ1) is 13.2. The zero-order valence-electron chi connectivity index (χ0n) is 16.4. The van der Waals surface area contributed by atoms with Crippen LogP contribution in [0.15, 0.2) is 36.7 Å². The molecule has 0 N–H and O–H groups in total. The van der Waals surface area contributed by atoms with Crippen LogP contribution in [0.1, 0.15) is 18.7 Å². The first-order valence-electron chi connectivity index (χ1n) is 9.83. The van der Waals surface area contributed by atoms with E-state index < -0.39 is 0 Å². The minimum atomic E-state index is 0.180. The van der Waals surface area contributed by atoms with Crippen LogP contribution in [-0.4, -0.2) is 61.0 Å². The number of piperidine rings is 1. The summed E-state index contributed by atoms with van der Waals surface area (Å²) >= 11 is 0. The molecule has 2 aliphatic rings. The second kappa shape index (κ2) is 7.90. The topological polar surface area (TPSA) is 42.8 Å². The molecule has 1 spiro atoms. The van der Waals surface area contributed by atoms with Crippen LogP contribution in [0, 0.1) is 5.41 Å². The molecule has 2 fully saturated rings. The van der Waals surface area contributed by atoms with Gasteiger partial charge in [-0.15, -0.1) is 0 Å². The Bertz CT molecular complexity index is 745. The number of aryl methyl sites for hydroxylation is 1. The van der Waals surface area contributed by atoms with E-state index in [-0.39, 0.29) is 5.41 Å². The molecule has 1 aromatic carbocycles. The van der Waals surface area contributed by atoms with Gasteiger partial charge in [-0.2, -0.15) is 0 Å². The van der Waals surface area contributed by atoms with Crippen LogP contribution in [0.25, 0.3) is 0 Å². The van der Waals surface area contributed by atoms with Gasteiger partial charge in [0.1, 0.15) is 11.6 Å². The molecular weight excluding hydrogens is 340 g/mol. The summed E-state index contributed by atoms with van der Waals surface area (Å²) < 4.78 is 13.5. The quantitative estimate of drug-likeness (QED) is 0.827. The number of rotatable bonds is 4. The lowest BCUT2D eigenvalue weighted by atomic mass is 9.80. The van der Waals surface area contributed by atoms with Gasteiger partial charge >= 0.3 is 0 Å². The molecule has 6 heteroatoms. The van der Waals surface area contributed by atoms with Crippen molar-refractivity contribution in [3.05, 3.63) is 42.5 Å². The van der Waals surface area contributed by atoms with Crippen molar-refractivity contribution in [1.29, 1.82) is 0 Å². The molecule has 0 aliphatic carbocycles. The number of likely N-dealkylation sites (tertiary alicyclic amines) is 1. The van der Waals surface area contributed by atoms with Gasteiger partial charge in [0, 0.05) is 50.2 Å². The maximum Gasteiger partial charge on any atom is 0.122 e. The van der Waals surface area contributed by atoms with Crippen LogP contribution >= 0.6 is 0 Å². The Labute approximate surface area is 161 Å². The van der Waals surface area contributed by atoms with E-state index in [2.05, 4.69) is 38.5 Å². The van der Waals surface area contributed by atoms with Crippen LogP contribution < -0.4 is 9.64 Å². The van der Waals surface area contributed by atoms with Crippen molar-refractivity contribution in [1.82, 2.24) is 14.5 Å². The van der Waals surface area contributed by atoms with Crippen LogP contribution in [-0.2, 0) is 18.3 Å². The van der Waals surface area contributed by atoms with E-state index in [1.54, 1.807) is 7.11 Å². The Morgan fingerprint density at radius 2 is 2.04 bits per heavy atom. The summed E-state index contributed by atoms with van der Waals surface area (Å²) in [5, 5.41) is 0. The average Bonchev–Trinajstić information content (AvgIpc) is 2.97. The standard InChI is InChI=1S/C21H30N4O2/c1-23-11-9-22-20(23)14-24-10-3-8-21(15-24)16-25(12-13-27-17-21)18-4-6-19(26-2)7-5-18/h4-7,9,11H,3,8,10,12-17H2,1-2H3/t21-/m0/s1. The lowest BCUT2D eigenvalue weighted by Gasteiger charge is -2.44. The van der Waals surface area contributed by atoms with E-state index in [1.165, 1.54) is 18.5 Å². The highest BCUT2D eigenvalue weighted by atomic mass is 16.5. The van der Waals surface area contributed by atoms with E-state index in [0.717, 1.165) is 57.5 Å². The zero-order chi connectivity index (χ0) is 18.7. The second-order valence-electron chi connectivity index (χ2n) is 7.94. The van der Waals surface area contributed by atoms with Crippen LogP contribution in [0.2, 0.25) is 0 Å². The molecule has 3 heterocycles. The molecule has 2 aliphatic heterocycles. The van der Waals surface area contributed by atoms with E-state index >= 15 is 0 Å². The number of aromatic nitrogens is 2. The average molecular weight is 370 g/mol. The third-order valence-electron chi connectivity index (χ3n) is 5.90. The molecular formula is C21H30N4O2. The molecule has 27 heavy (non-hydrogen) atoms. The summed E-state index contributed by atoms with van der Waals surface area (Å²) in [6.07, 6.45) is 6.34. The summed E-state index contributed by atoms with van der Waals surface area (Å²) in [7, 11) is 3.78. The van der Waals surface area contributed by atoms with Gasteiger partial charge in [0.05, 0.1) is 26.9 Å². The van der Waals surface area contributed by atoms with Crippen LogP contribution in [0.4, 0.5) is 5.69 Å². The van der Waals surface area contributed by atoms with Gasteiger partial charge in [-0.05, 0) is 43.7 Å². The SMILES string of the molecule is COc1ccc(N2CCOC[C@]3(CCCN(Cc4nccn4C)C3)C2)cc1. The summed E-state index contributed by atoms with van der Waals surface area (Å²) in [6.45, 7) is 6.71. The maximum atomic E-state index is 6.08. The smallest absolute Gasteiger partial charge is 0.122 e. The predicted molar refractivity (Wildman–Crippen MR) is 106 cm³/mol. The molecule has 1 aromatic heterocycles. The van der Waals surface area contributed by atoms with E-state index in [9.17, 15) is 0 Å². The van der Waals surface area contributed by atoms with Gasteiger partial charge in [0.15, 0.2) is 0 Å². The van der Waals surface area contributed by atoms with Gasteiger partial charge in [-0.25, -0.2) is 4.98 Å². The van der Waals surface area contributed by atoms with Crippen molar-refractivity contribution in [2.45, 2.75) is 19.4 Å². The van der Waals surface area contributed by atoms with Crippen molar-refractivity contribution in [2.24, 2.45) is 12.5 Å². The molecule has 146 valence electrons. The fourth-order valence-corrected chi connectivity index (χ4v) is 4.45. The Morgan fingerprint density at radius 1 is 1.19 bits per heavy atom. The van der Waals surface area contributed by atoms with Crippen molar-refractivity contribution < 1.29 is 9.47 Å². The first kappa shape index (κ1) is 18.3. The fourth-order valence-electron chi connectivity index (χ4n) is 4.45. The monoisotopic (exact) mass is 370 g/mol. The second-order valence-corrected chi connectivity index (χ2v) is 7.94. The molecule has 0 amide bonds. The summed E-state index contributed by atoms with van der Waals surface area (Å²) in [4.78, 5) is 9.54. The first-order valence-corrected chi connectivity index (χ1v) is 9.83. The Balaban J connectivity index is 1.48. The fraction of sp³-hybridized carbons (Fsp3) is 0.571. The molecule has 0 radical (unpaired) electrons. The highest BCUT2D eigenvalue weighted by Gasteiger charge is 2.39. The lowest BCUT2D eigenvalue weighted by molar-refractivity contribution is 0.00969. The highest BCUT2D eigenvalue weighted by Crippen LogP contribution is 2.35.